The van der Waals surface area contributed by atoms with Crippen LogP contribution in [0.2, 0.25) is 5.02 Å². The molecule has 0 radical (unpaired) electrons. The van der Waals surface area contributed by atoms with Crippen LogP contribution < -0.4 is 5.32 Å². The Labute approximate surface area is 137 Å². The van der Waals surface area contributed by atoms with Gasteiger partial charge >= 0.3 is 0 Å². The highest BCUT2D eigenvalue weighted by molar-refractivity contribution is 7.10. The van der Waals surface area contributed by atoms with Gasteiger partial charge < -0.3 is 5.32 Å². The van der Waals surface area contributed by atoms with E-state index in [1.807, 2.05) is 34.5 Å². The Morgan fingerprint density at radius 3 is 2.73 bits per heavy atom. The first-order chi connectivity index (χ1) is 10.7. The minimum atomic E-state index is -0.120. The van der Waals surface area contributed by atoms with Crippen LogP contribution in [-0.2, 0) is 0 Å². The fourth-order valence-electron chi connectivity index (χ4n) is 2.16. The Morgan fingerprint density at radius 1 is 1.27 bits per heavy atom. The van der Waals surface area contributed by atoms with Crippen LogP contribution in [0.25, 0.3) is 0 Å². The molecule has 1 N–H and O–H groups in total. The van der Waals surface area contributed by atoms with E-state index in [4.69, 9.17) is 11.6 Å². The zero-order valence-electron chi connectivity index (χ0n) is 11.6. The van der Waals surface area contributed by atoms with Gasteiger partial charge in [-0.25, -0.2) is 0 Å². The summed E-state index contributed by atoms with van der Waals surface area (Å²) in [5.41, 5.74) is 0.592. The predicted octanol–water partition coefficient (Wildman–Crippen LogP) is 3.62. The van der Waals surface area contributed by atoms with Gasteiger partial charge in [0.2, 0.25) is 0 Å². The lowest BCUT2D eigenvalue weighted by Gasteiger charge is -2.17. The van der Waals surface area contributed by atoms with E-state index < -0.39 is 0 Å². The third kappa shape index (κ3) is 3.37. The van der Waals surface area contributed by atoms with Gasteiger partial charge in [-0.15, -0.1) is 11.3 Å². The summed E-state index contributed by atoms with van der Waals surface area (Å²) in [5.74, 6) is -0.120. The summed E-state index contributed by atoms with van der Waals surface area (Å²) in [6.45, 7) is 0.476. The van der Waals surface area contributed by atoms with Gasteiger partial charge in [0.25, 0.3) is 5.91 Å². The molecule has 0 saturated heterocycles. The Morgan fingerprint density at radius 2 is 2.09 bits per heavy atom. The number of hydrogen-bond acceptors (Lipinski definition) is 3. The van der Waals surface area contributed by atoms with E-state index in [1.165, 1.54) is 0 Å². The molecule has 22 heavy (non-hydrogen) atoms. The lowest BCUT2D eigenvalue weighted by molar-refractivity contribution is 0.0949. The maximum Gasteiger partial charge on any atom is 0.251 e. The van der Waals surface area contributed by atoms with E-state index in [-0.39, 0.29) is 11.9 Å². The molecular weight excluding hydrogens is 318 g/mol. The van der Waals surface area contributed by atoms with Gasteiger partial charge in [-0.2, -0.15) is 5.10 Å². The number of thiophene rings is 1. The molecule has 0 bridgehead atoms. The smallest absolute Gasteiger partial charge is 0.251 e. The zero-order chi connectivity index (χ0) is 15.4. The molecule has 1 aromatic carbocycles. The number of benzene rings is 1. The maximum atomic E-state index is 12.2. The van der Waals surface area contributed by atoms with Crippen LogP contribution in [0.15, 0.2) is 60.2 Å². The van der Waals surface area contributed by atoms with Gasteiger partial charge in [-0.05, 0) is 41.8 Å². The van der Waals surface area contributed by atoms with Crippen LogP contribution in [0.1, 0.15) is 21.3 Å². The Hall–Kier alpha value is -2.11. The SMILES string of the molecule is O=C(NCC(c1cccs1)n1cccn1)c1ccc(Cl)cc1. The first kappa shape index (κ1) is 14.8. The summed E-state index contributed by atoms with van der Waals surface area (Å²) in [4.78, 5) is 13.4. The second-order valence-corrected chi connectivity index (χ2v) is 6.15. The van der Waals surface area contributed by atoms with Crippen molar-refractivity contribution in [3.05, 3.63) is 75.7 Å². The molecule has 2 aromatic heterocycles. The van der Waals surface area contributed by atoms with Crippen LogP contribution in [0.3, 0.4) is 0 Å². The van der Waals surface area contributed by atoms with Crippen molar-refractivity contribution in [1.29, 1.82) is 0 Å². The summed E-state index contributed by atoms with van der Waals surface area (Å²) in [6, 6.07) is 12.8. The first-order valence-corrected chi connectivity index (χ1v) is 8.06. The van der Waals surface area contributed by atoms with Crippen LogP contribution in [0.5, 0.6) is 0 Å². The minimum Gasteiger partial charge on any atom is -0.350 e. The summed E-state index contributed by atoms with van der Waals surface area (Å²) in [6.07, 6.45) is 3.64. The number of nitrogens with one attached hydrogen (secondary N) is 1. The monoisotopic (exact) mass is 331 g/mol. The van der Waals surface area contributed by atoms with Crippen molar-refractivity contribution < 1.29 is 4.79 Å². The number of nitrogens with zero attached hydrogens (tertiary/aromatic N) is 2. The lowest BCUT2D eigenvalue weighted by atomic mass is 10.2. The summed E-state index contributed by atoms with van der Waals surface area (Å²) in [5, 5.41) is 9.88. The molecule has 0 aliphatic heterocycles. The number of carbonyl (C=O) groups is 1. The van der Waals surface area contributed by atoms with Crippen molar-refractivity contribution in [1.82, 2.24) is 15.1 Å². The summed E-state index contributed by atoms with van der Waals surface area (Å²) in [7, 11) is 0. The highest BCUT2D eigenvalue weighted by Gasteiger charge is 2.16. The maximum absolute atomic E-state index is 12.2. The van der Waals surface area contributed by atoms with Crippen LogP contribution in [0, 0.1) is 0 Å². The number of carbonyl (C=O) groups excluding carboxylic acids is 1. The molecule has 4 nitrogen and oxygen atoms in total. The highest BCUT2D eigenvalue weighted by atomic mass is 35.5. The minimum absolute atomic E-state index is 0.00810. The van der Waals surface area contributed by atoms with Gasteiger partial charge in [-0.3, -0.25) is 9.48 Å². The van der Waals surface area contributed by atoms with Gasteiger partial charge in [0.1, 0.15) is 6.04 Å². The molecule has 112 valence electrons. The molecule has 2 heterocycles. The summed E-state index contributed by atoms with van der Waals surface area (Å²) >= 11 is 7.49. The van der Waals surface area contributed by atoms with Crippen LogP contribution >= 0.6 is 22.9 Å². The van der Waals surface area contributed by atoms with Crippen molar-refractivity contribution in [3.63, 3.8) is 0 Å². The number of hydrogen-bond donors (Lipinski definition) is 1. The predicted molar refractivity (Wildman–Crippen MR) is 88.5 cm³/mol. The Balaban J connectivity index is 1.72. The number of amides is 1. The van der Waals surface area contributed by atoms with Gasteiger partial charge in [-0.1, -0.05) is 17.7 Å². The first-order valence-electron chi connectivity index (χ1n) is 6.80. The fraction of sp³-hybridized carbons (Fsp3) is 0.125. The van der Waals surface area contributed by atoms with E-state index in [0.29, 0.717) is 17.1 Å². The van der Waals surface area contributed by atoms with Gasteiger partial charge in [0.15, 0.2) is 0 Å². The normalized spacial score (nSPS) is 12.0. The average Bonchev–Trinajstić information content (AvgIpc) is 3.22. The van der Waals surface area contributed by atoms with Crippen molar-refractivity contribution in [3.8, 4) is 0 Å². The molecule has 3 rings (SSSR count). The third-order valence-corrected chi connectivity index (χ3v) is 4.50. The second kappa shape index (κ2) is 6.77. The van der Waals surface area contributed by atoms with Crippen molar-refractivity contribution >= 4 is 28.8 Å². The van der Waals surface area contributed by atoms with Crippen molar-refractivity contribution in [2.45, 2.75) is 6.04 Å². The number of rotatable bonds is 5. The molecule has 1 amide bonds. The molecule has 3 aromatic rings. The molecule has 1 unspecified atom stereocenters. The molecule has 0 aliphatic carbocycles. The van der Waals surface area contributed by atoms with E-state index in [2.05, 4.69) is 10.4 Å². The van der Waals surface area contributed by atoms with Gasteiger partial charge in [0, 0.05) is 34.4 Å². The molecule has 0 spiro atoms. The number of aromatic nitrogens is 2. The Kier molecular flexibility index (Phi) is 4.56. The third-order valence-electron chi connectivity index (χ3n) is 3.28. The molecule has 6 heteroatoms. The van der Waals surface area contributed by atoms with Crippen molar-refractivity contribution in [2.75, 3.05) is 6.54 Å². The van der Waals surface area contributed by atoms with E-state index in [1.54, 1.807) is 41.8 Å². The summed E-state index contributed by atoms with van der Waals surface area (Å²) < 4.78 is 1.86. The fourth-order valence-corrected chi connectivity index (χ4v) is 3.11. The number of halogens is 1. The van der Waals surface area contributed by atoms with Crippen molar-refractivity contribution in [2.24, 2.45) is 0 Å². The van der Waals surface area contributed by atoms with E-state index in [9.17, 15) is 4.79 Å². The van der Waals surface area contributed by atoms with Gasteiger partial charge in [0.05, 0.1) is 0 Å². The second-order valence-electron chi connectivity index (χ2n) is 4.73. The quantitative estimate of drug-likeness (QED) is 0.776. The molecule has 1 atom stereocenters. The molecular formula is C16H14ClN3OS. The standard InChI is InChI=1S/C16H14ClN3OS/c17-13-6-4-12(5-7-13)16(21)18-11-14(15-3-1-10-22-15)20-9-2-8-19-20/h1-10,14H,11H2,(H,18,21). The van der Waals surface area contributed by atoms with Crippen LogP contribution in [-0.4, -0.2) is 22.2 Å². The average molecular weight is 332 g/mol. The molecule has 0 aliphatic rings. The van der Waals surface area contributed by atoms with E-state index in [0.717, 1.165) is 4.88 Å². The topological polar surface area (TPSA) is 46.9 Å². The Bertz CT molecular complexity index is 689. The molecule has 0 fully saturated rings. The lowest BCUT2D eigenvalue weighted by Crippen LogP contribution is -2.31. The zero-order valence-corrected chi connectivity index (χ0v) is 13.2. The molecule has 0 saturated carbocycles. The highest BCUT2D eigenvalue weighted by Crippen LogP contribution is 2.22. The largest absolute Gasteiger partial charge is 0.350 e. The van der Waals surface area contributed by atoms with E-state index >= 15 is 0 Å². The van der Waals surface area contributed by atoms with Crippen LogP contribution in [0.4, 0.5) is 0 Å².